The van der Waals surface area contributed by atoms with Crippen LogP contribution in [0.2, 0.25) is 0 Å². The molecule has 3 aromatic rings. The summed E-state index contributed by atoms with van der Waals surface area (Å²) in [5.74, 6) is 2.02. The van der Waals surface area contributed by atoms with E-state index in [1.807, 2.05) is 54.6 Å². The zero-order chi connectivity index (χ0) is 18.6. The van der Waals surface area contributed by atoms with Gasteiger partial charge in [-0.25, -0.2) is 4.98 Å². The number of rotatable bonds is 7. The monoisotopic (exact) mass is 362 g/mol. The van der Waals surface area contributed by atoms with E-state index in [0.29, 0.717) is 18.3 Å². The number of carbonyl (C=O) groups excluding carboxylic acids is 1. The van der Waals surface area contributed by atoms with Gasteiger partial charge in [0, 0.05) is 17.2 Å². The molecule has 1 atom stereocenters. The molecule has 4 rings (SSSR count). The van der Waals surface area contributed by atoms with Gasteiger partial charge in [-0.05, 0) is 49.6 Å². The molecule has 2 aromatic carbocycles. The van der Waals surface area contributed by atoms with Crippen LogP contribution in [0.3, 0.4) is 0 Å². The van der Waals surface area contributed by atoms with Crippen LogP contribution in [-0.2, 0) is 16.1 Å². The average Bonchev–Trinajstić information content (AvgIpc) is 3.44. The van der Waals surface area contributed by atoms with Gasteiger partial charge in [-0.2, -0.15) is 5.10 Å². The quantitative estimate of drug-likeness (QED) is 0.668. The molecule has 1 saturated carbocycles. The largest absolute Gasteiger partial charge is 0.364 e. The fraction of sp³-hybridized carbons (Fsp3) is 0.286. The van der Waals surface area contributed by atoms with Gasteiger partial charge in [-0.3, -0.25) is 9.89 Å². The van der Waals surface area contributed by atoms with Crippen LogP contribution in [0.25, 0.3) is 11.4 Å². The maximum atomic E-state index is 12.3. The van der Waals surface area contributed by atoms with Crippen molar-refractivity contribution in [2.45, 2.75) is 38.4 Å². The molecule has 1 aliphatic rings. The number of nitrogens with one attached hydrogen (secondary N) is 2. The zero-order valence-corrected chi connectivity index (χ0v) is 15.2. The topological polar surface area (TPSA) is 79.9 Å². The van der Waals surface area contributed by atoms with Gasteiger partial charge in [-0.15, -0.1) is 0 Å². The molecule has 0 aliphatic heterocycles. The first-order valence-corrected chi connectivity index (χ1v) is 9.18. The lowest BCUT2D eigenvalue weighted by Gasteiger charge is -2.13. The third-order valence-electron chi connectivity index (χ3n) is 4.59. The third-order valence-corrected chi connectivity index (χ3v) is 4.59. The lowest BCUT2D eigenvalue weighted by atomic mass is 10.2. The molecule has 2 N–H and O–H groups in total. The summed E-state index contributed by atoms with van der Waals surface area (Å²) >= 11 is 0. The Morgan fingerprint density at radius 2 is 1.93 bits per heavy atom. The Bertz CT molecular complexity index is 901. The van der Waals surface area contributed by atoms with Crippen molar-refractivity contribution >= 4 is 11.6 Å². The predicted octanol–water partition coefficient (Wildman–Crippen LogP) is 3.89. The molecular weight excluding hydrogens is 340 g/mol. The Morgan fingerprint density at radius 3 is 2.63 bits per heavy atom. The minimum atomic E-state index is -0.543. The molecule has 0 radical (unpaired) electrons. The van der Waals surface area contributed by atoms with E-state index in [4.69, 9.17) is 4.74 Å². The van der Waals surface area contributed by atoms with Crippen molar-refractivity contribution in [3.63, 3.8) is 0 Å². The highest BCUT2D eigenvalue weighted by Gasteiger charge is 2.27. The zero-order valence-electron chi connectivity index (χ0n) is 15.2. The molecule has 1 aliphatic carbocycles. The van der Waals surface area contributed by atoms with Crippen molar-refractivity contribution in [3.8, 4) is 11.4 Å². The number of amides is 1. The normalized spacial score (nSPS) is 14.7. The van der Waals surface area contributed by atoms with E-state index in [0.717, 1.165) is 22.6 Å². The van der Waals surface area contributed by atoms with Gasteiger partial charge in [0.15, 0.2) is 5.82 Å². The summed E-state index contributed by atoms with van der Waals surface area (Å²) in [5, 5.41) is 10.2. The second-order valence-electron chi connectivity index (χ2n) is 6.82. The average molecular weight is 362 g/mol. The number of carbonyl (C=O) groups is 1. The maximum absolute atomic E-state index is 12.3. The number of aromatic nitrogens is 3. The van der Waals surface area contributed by atoms with E-state index < -0.39 is 6.10 Å². The molecule has 0 bridgehead atoms. The lowest BCUT2D eigenvalue weighted by Crippen LogP contribution is -2.27. The second kappa shape index (κ2) is 7.72. The molecule has 6 heteroatoms. The molecule has 1 aromatic heterocycles. The van der Waals surface area contributed by atoms with Gasteiger partial charge < -0.3 is 10.1 Å². The third kappa shape index (κ3) is 4.41. The van der Waals surface area contributed by atoms with Gasteiger partial charge in [0.25, 0.3) is 5.91 Å². The fourth-order valence-corrected chi connectivity index (χ4v) is 2.76. The van der Waals surface area contributed by atoms with Crippen LogP contribution in [0.1, 0.15) is 37.1 Å². The molecule has 1 fully saturated rings. The van der Waals surface area contributed by atoms with Gasteiger partial charge in [-0.1, -0.05) is 30.3 Å². The Labute approximate surface area is 158 Å². The SMILES string of the molecule is C[C@H](OCc1ccccc1)C(=O)Nc1ccc(-c2n[nH]c(C3CC3)n2)cc1. The summed E-state index contributed by atoms with van der Waals surface area (Å²) < 4.78 is 5.65. The fourth-order valence-electron chi connectivity index (χ4n) is 2.76. The molecule has 0 spiro atoms. The number of benzene rings is 2. The van der Waals surface area contributed by atoms with E-state index in [-0.39, 0.29) is 5.91 Å². The highest BCUT2D eigenvalue weighted by Crippen LogP contribution is 2.38. The van der Waals surface area contributed by atoms with E-state index in [9.17, 15) is 4.79 Å². The summed E-state index contributed by atoms with van der Waals surface area (Å²) in [6, 6.07) is 17.3. The number of nitrogens with zero attached hydrogens (tertiary/aromatic N) is 2. The van der Waals surface area contributed by atoms with Crippen LogP contribution in [0.5, 0.6) is 0 Å². The van der Waals surface area contributed by atoms with Crippen molar-refractivity contribution in [1.29, 1.82) is 0 Å². The van der Waals surface area contributed by atoms with E-state index in [2.05, 4.69) is 20.5 Å². The molecule has 1 amide bonds. The number of hydrogen-bond donors (Lipinski definition) is 2. The van der Waals surface area contributed by atoms with Crippen molar-refractivity contribution in [2.75, 3.05) is 5.32 Å². The number of ether oxygens (including phenoxy) is 1. The summed E-state index contributed by atoms with van der Waals surface area (Å²) in [6.45, 7) is 2.15. The van der Waals surface area contributed by atoms with Crippen molar-refractivity contribution in [3.05, 3.63) is 66.0 Å². The van der Waals surface area contributed by atoms with Crippen LogP contribution >= 0.6 is 0 Å². The number of aromatic amines is 1. The van der Waals surface area contributed by atoms with Crippen LogP contribution < -0.4 is 5.32 Å². The van der Waals surface area contributed by atoms with Gasteiger partial charge >= 0.3 is 0 Å². The molecule has 1 heterocycles. The van der Waals surface area contributed by atoms with Gasteiger partial charge in [0.05, 0.1) is 6.61 Å². The molecule has 0 saturated heterocycles. The van der Waals surface area contributed by atoms with E-state index >= 15 is 0 Å². The first-order chi connectivity index (χ1) is 13.2. The first-order valence-electron chi connectivity index (χ1n) is 9.18. The maximum Gasteiger partial charge on any atom is 0.253 e. The number of anilines is 1. The van der Waals surface area contributed by atoms with Crippen LogP contribution in [0, 0.1) is 0 Å². The van der Waals surface area contributed by atoms with Crippen LogP contribution in [-0.4, -0.2) is 27.2 Å². The molecule has 138 valence electrons. The predicted molar refractivity (Wildman–Crippen MR) is 103 cm³/mol. The molecular formula is C21H22N4O2. The summed E-state index contributed by atoms with van der Waals surface area (Å²) in [4.78, 5) is 16.8. The van der Waals surface area contributed by atoms with Crippen molar-refractivity contribution < 1.29 is 9.53 Å². The van der Waals surface area contributed by atoms with Crippen LogP contribution in [0.15, 0.2) is 54.6 Å². The second-order valence-corrected chi connectivity index (χ2v) is 6.82. The van der Waals surface area contributed by atoms with Gasteiger partial charge in [0.1, 0.15) is 11.9 Å². The van der Waals surface area contributed by atoms with E-state index in [1.165, 1.54) is 12.8 Å². The standard InChI is InChI=1S/C21H22N4O2/c1-14(27-13-15-5-3-2-4-6-15)21(26)22-18-11-9-17(10-12-18)20-23-19(24-25-20)16-7-8-16/h2-6,9-12,14,16H,7-8,13H2,1H3,(H,22,26)(H,23,24,25)/t14-/m0/s1. The smallest absolute Gasteiger partial charge is 0.253 e. The number of H-pyrrole nitrogens is 1. The molecule has 0 unspecified atom stereocenters. The minimum absolute atomic E-state index is 0.174. The highest BCUT2D eigenvalue weighted by molar-refractivity contribution is 5.94. The highest BCUT2D eigenvalue weighted by atomic mass is 16.5. The van der Waals surface area contributed by atoms with E-state index in [1.54, 1.807) is 6.92 Å². The summed E-state index contributed by atoms with van der Waals surface area (Å²) in [7, 11) is 0. The number of hydrogen-bond acceptors (Lipinski definition) is 4. The minimum Gasteiger partial charge on any atom is -0.364 e. The lowest BCUT2D eigenvalue weighted by molar-refractivity contribution is -0.127. The first kappa shape index (κ1) is 17.4. The van der Waals surface area contributed by atoms with Gasteiger partial charge in [0.2, 0.25) is 0 Å². The van der Waals surface area contributed by atoms with Crippen molar-refractivity contribution in [2.24, 2.45) is 0 Å². The van der Waals surface area contributed by atoms with Crippen molar-refractivity contribution in [1.82, 2.24) is 15.2 Å². The summed E-state index contributed by atoms with van der Waals surface area (Å²) in [6.07, 6.45) is 1.83. The Morgan fingerprint density at radius 1 is 1.19 bits per heavy atom. The Balaban J connectivity index is 1.32. The molecule has 27 heavy (non-hydrogen) atoms. The molecule has 6 nitrogen and oxygen atoms in total. The summed E-state index contributed by atoms with van der Waals surface area (Å²) in [5.41, 5.74) is 2.68. The Hall–Kier alpha value is -2.99. The Kier molecular flexibility index (Phi) is 4.98. The van der Waals surface area contributed by atoms with Crippen LogP contribution in [0.4, 0.5) is 5.69 Å².